The van der Waals surface area contributed by atoms with E-state index in [9.17, 15) is 8.42 Å². The van der Waals surface area contributed by atoms with Gasteiger partial charge in [0.05, 0.1) is 5.69 Å². The SMILES string of the molecule is Cc1ccc(N)c(S(=O)(=O)Nc2cccc(Br)c2)c1C. The second kappa shape index (κ2) is 5.46. The van der Waals surface area contributed by atoms with E-state index in [2.05, 4.69) is 20.7 Å². The number of nitrogens with one attached hydrogen (secondary N) is 1. The molecule has 0 aliphatic heterocycles. The number of halogens is 1. The molecular formula is C14H15BrN2O2S. The fourth-order valence-electron chi connectivity index (χ4n) is 1.93. The molecule has 4 nitrogen and oxygen atoms in total. The predicted octanol–water partition coefficient (Wildman–Crippen LogP) is 3.45. The normalized spacial score (nSPS) is 11.3. The molecule has 0 saturated heterocycles. The number of benzene rings is 2. The van der Waals surface area contributed by atoms with E-state index in [1.807, 2.05) is 19.1 Å². The summed E-state index contributed by atoms with van der Waals surface area (Å²) in [5.74, 6) is 0. The van der Waals surface area contributed by atoms with Gasteiger partial charge in [-0.1, -0.05) is 28.1 Å². The molecule has 0 atom stereocenters. The number of rotatable bonds is 3. The second-order valence-electron chi connectivity index (χ2n) is 4.54. The minimum Gasteiger partial charge on any atom is -0.398 e. The van der Waals surface area contributed by atoms with Gasteiger partial charge in [0.2, 0.25) is 0 Å². The molecule has 2 aromatic rings. The van der Waals surface area contributed by atoms with Crippen LogP contribution in [-0.4, -0.2) is 8.42 Å². The molecule has 0 bridgehead atoms. The summed E-state index contributed by atoms with van der Waals surface area (Å²) in [6.45, 7) is 3.61. The maximum Gasteiger partial charge on any atom is 0.264 e. The van der Waals surface area contributed by atoms with Gasteiger partial charge < -0.3 is 5.73 Å². The van der Waals surface area contributed by atoms with E-state index < -0.39 is 10.0 Å². The van der Waals surface area contributed by atoms with E-state index in [0.29, 0.717) is 11.3 Å². The number of hydrogen-bond donors (Lipinski definition) is 2. The van der Waals surface area contributed by atoms with Gasteiger partial charge in [0.15, 0.2) is 0 Å². The Balaban J connectivity index is 2.49. The Morgan fingerprint density at radius 3 is 2.50 bits per heavy atom. The first-order valence-corrected chi connectivity index (χ1v) is 8.23. The minimum atomic E-state index is -3.71. The Hall–Kier alpha value is -1.53. The number of hydrogen-bond acceptors (Lipinski definition) is 3. The Morgan fingerprint density at radius 1 is 1.15 bits per heavy atom. The third-order valence-corrected chi connectivity index (χ3v) is 5.13. The average Bonchev–Trinajstić information content (AvgIpc) is 2.33. The van der Waals surface area contributed by atoms with Crippen LogP contribution in [0.3, 0.4) is 0 Å². The Morgan fingerprint density at radius 2 is 1.85 bits per heavy atom. The van der Waals surface area contributed by atoms with Crippen LogP contribution in [0.25, 0.3) is 0 Å². The third-order valence-electron chi connectivity index (χ3n) is 3.05. The van der Waals surface area contributed by atoms with Crippen LogP contribution in [0.5, 0.6) is 0 Å². The van der Waals surface area contributed by atoms with Crippen molar-refractivity contribution in [3.05, 3.63) is 52.0 Å². The highest BCUT2D eigenvalue weighted by molar-refractivity contribution is 9.10. The Labute approximate surface area is 127 Å². The summed E-state index contributed by atoms with van der Waals surface area (Å²) in [6, 6.07) is 10.4. The summed E-state index contributed by atoms with van der Waals surface area (Å²) in [6.07, 6.45) is 0. The Bertz CT molecular complexity index is 758. The summed E-state index contributed by atoms with van der Waals surface area (Å²) >= 11 is 3.31. The molecule has 0 unspecified atom stereocenters. The summed E-state index contributed by atoms with van der Waals surface area (Å²) < 4.78 is 28.3. The molecule has 0 aliphatic carbocycles. The van der Waals surface area contributed by atoms with E-state index in [4.69, 9.17) is 5.73 Å². The van der Waals surface area contributed by atoms with Gasteiger partial charge in [-0.25, -0.2) is 8.42 Å². The van der Waals surface area contributed by atoms with Crippen molar-refractivity contribution in [1.82, 2.24) is 0 Å². The van der Waals surface area contributed by atoms with Crippen molar-refractivity contribution in [3.63, 3.8) is 0 Å². The molecule has 0 fully saturated rings. The molecule has 0 aromatic heterocycles. The van der Waals surface area contributed by atoms with Crippen LogP contribution >= 0.6 is 15.9 Å². The molecule has 2 rings (SSSR count). The van der Waals surface area contributed by atoms with Crippen molar-refractivity contribution >= 4 is 37.3 Å². The quantitative estimate of drug-likeness (QED) is 0.829. The Kier molecular flexibility index (Phi) is 4.06. The van der Waals surface area contributed by atoms with Crippen molar-refractivity contribution in [2.75, 3.05) is 10.5 Å². The molecule has 106 valence electrons. The number of nitrogens with two attached hydrogens (primary N) is 1. The monoisotopic (exact) mass is 354 g/mol. The maximum atomic E-state index is 12.5. The molecule has 0 heterocycles. The van der Waals surface area contributed by atoms with Gasteiger partial charge in [-0.2, -0.15) is 0 Å². The van der Waals surface area contributed by atoms with Crippen LogP contribution in [0.4, 0.5) is 11.4 Å². The van der Waals surface area contributed by atoms with Crippen LogP contribution in [0.15, 0.2) is 45.8 Å². The lowest BCUT2D eigenvalue weighted by atomic mass is 10.1. The topological polar surface area (TPSA) is 72.2 Å². The fraction of sp³-hybridized carbons (Fsp3) is 0.143. The van der Waals surface area contributed by atoms with E-state index in [0.717, 1.165) is 10.0 Å². The number of sulfonamides is 1. The molecule has 3 N–H and O–H groups in total. The molecule has 0 aliphatic rings. The minimum absolute atomic E-state index is 0.137. The molecule has 6 heteroatoms. The fourth-order valence-corrected chi connectivity index (χ4v) is 3.81. The van der Waals surface area contributed by atoms with Crippen LogP contribution in [0.2, 0.25) is 0 Å². The van der Waals surface area contributed by atoms with Gasteiger partial charge in [-0.05, 0) is 49.2 Å². The molecular weight excluding hydrogens is 340 g/mol. The maximum absolute atomic E-state index is 12.5. The van der Waals surface area contributed by atoms with Gasteiger partial charge in [0.1, 0.15) is 4.90 Å². The predicted molar refractivity (Wildman–Crippen MR) is 85.3 cm³/mol. The molecule has 2 aromatic carbocycles. The highest BCUT2D eigenvalue weighted by Crippen LogP contribution is 2.27. The highest BCUT2D eigenvalue weighted by Gasteiger charge is 2.21. The standard InChI is InChI=1S/C14H15BrN2O2S/c1-9-6-7-13(16)14(10(9)2)20(18,19)17-12-5-3-4-11(15)8-12/h3-8,17H,16H2,1-2H3. The van der Waals surface area contributed by atoms with Crippen LogP contribution in [0.1, 0.15) is 11.1 Å². The van der Waals surface area contributed by atoms with Gasteiger partial charge >= 0.3 is 0 Å². The highest BCUT2D eigenvalue weighted by atomic mass is 79.9. The van der Waals surface area contributed by atoms with Gasteiger partial charge in [-0.15, -0.1) is 0 Å². The number of nitrogen functional groups attached to an aromatic ring is 1. The van der Waals surface area contributed by atoms with Crippen LogP contribution in [0, 0.1) is 13.8 Å². The molecule has 0 amide bonds. The zero-order chi connectivity index (χ0) is 14.9. The van der Waals surface area contributed by atoms with Crippen LogP contribution < -0.4 is 10.5 Å². The third kappa shape index (κ3) is 2.96. The van der Waals surface area contributed by atoms with E-state index in [-0.39, 0.29) is 10.6 Å². The smallest absolute Gasteiger partial charge is 0.264 e. The summed E-state index contributed by atoms with van der Waals surface area (Å²) in [4.78, 5) is 0.137. The lowest BCUT2D eigenvalue weighted by Crippen LogP contribution is -2.16. The van der Waals surface area contributed by atoms with Crippen LogP contribution in [-0.2, 0) is 10.0 Å². The van der Waals surface area contributed by atoms with Gasteiger partial charge in [0.25, 0.3) is 10.0 Å². The first-order chi connectivity index (χ1) is 9.31. The number of aryl methyl sites for hydroxylation is 1. The summed E-state index contributed by atoms with van der Waals surface area (Å²) in [5, 5.41) is 0. The van der Waals surface area contributed by atoms with Crippen molar-refractivity contribution in [2.24, 2.45) is 0 Å². The van der Waals surface area contributed by atoms with Crippen molar-refractivity contribution < 1.29 is 8.42 Å². The van der Waals surface area contributed by atoms with Crippen molar-refractivity contribution in [3.8, 4) is 0 Å². The second-order valence-corrected chi connectivity index (χ2v) is 7.08. The summed E-state index contributed by atoms with van der Waals surface area (Å²) in [7, 11) is -3.71. The largest absolute Gasteiger partial charge is 0.398 e. The first-order valence-electron chi connectivity index (χ1n) is 5.95. The molecule has 0 saturated carbocycles. The van der Waals surface area contributed by atoms with Gasteiger partial charge in [-0.3, -0.25) is 4.72 Å². The molecule has 0 spiro atoms. The van der Waals surface area contributed by atoms with Crippen molar-refractivity contribution in [2.45, 2.75) is 18.7 Å². The zero-order valence-electron chi connectivity index (χ0n) is 11.1. The zero-order valence-corrected chi connectivity index (χ0v) is 13.5. The van der Waals surface area contributed by atoms with E-state index in [1.54, 1.807) is 31.2 Å². The summed E-state index contributed by atoms with van der Waals surface area (Å²) in [5.41, 5.74) is 8.11. The van der Waals surface area contributed by atoms with E-state index >= 15 is 0 Å². The number of anilines is 2. The van der Waals surface area contributed by atoms with Crippen molar-refractivity contribution in [1.29, 1.82) is 0 Å². The average molecular weight is 355 g/mol. The van der Waals surface area contributed by atoms with Gasteiger partial charge in [0, 0.05) is 10.2 Å². The molecule has 20 heavy (non-hydrogen) atoms. The lowest BCUT2D eigenvalue weighted by molar-refractivity contribution is 0.601. The first kappa shape index (κ1) is 14.9. The molecule has 0 radical (unpaired) electrons. The lowest BCUT2D eigenvalue weighted by Gasteiger charge is -2.14. The van der Waals surface area contributed by atoms with E-state index in [1.165, 1.54) is 0 Å².